The number of aromatic nitrogens is 2. The Kier molecular flexibility index (Phi) is 3.96. The molecule has 112 valence electrons. The topological polar surface area (TPSA) is 51.0 Å². The Morgan fingerprint density at radius 1 is 1.29 bits per heavy atom. The summed E-state index contributed by atoms with van der Waals surface area (Å²) in [6.07, 6.45) is 2.18. The monoisotopic (exact) mass is 293 g/mol. The maximum absolute atomic E-state index is 13.2. The molecule has 1 aromatic carbocycles. The SMILES string of the molecule is CC1CC(c2nc(Cc3cc(F)cc(F)c3)no2)CCN1. The van der Waals surface area contributed by atoms with Crippen LogP contribution in [-0.2, 0) is 6.42 Å². The first-order chi connectivity index (χ1) is 10.1. The van der Waals surface area contributed by atoms with E-state index in [9.17, 15) is 8.78 Å². The molecule has 0 bridgehead atoms. The quantitative estimate of drug-likeness (QED) is 0.945. The second-order valence-electron chi connectivity index (χ2n) is 5.58. The van der Waals surface area contributed by atoms with Crippen molar-refractivity contribution in [1.82, 2.24) is 15.5 Å². The minimum atomic E-state index is -0.596. The summed E-state index contributed by atoms with van der Waals surface area (Å²) in [7, 11) is 0. The summed E-state index contributed by atoms with van der Waals surface area (Å²) in [5, 5.41) is 7.29. The van der Waals surface area contributed by atoms with Gasteiger partial charge in [-0.3, -0.25) is 0 Å². The van der Waals surface area contributed by atoms with Crippen LogP contribution in [-0.4, -0.2) is 22.7 Å². The highest BCUT2D eigenvalue weighted by atomic mass is 19.1. The Morgan fingerprint density at radius 3 is 2.76 bits per heavy atom. The summed E-state index contributed by atoms with van der Waals surface area (Å²) in [5.74, 6) is 0.143. The van der Waals surface area contributed by atoms with Crippen molar-refractivity contribution < 1.29 is 13.3 Å². The van der Waals surface area contributed by atoms with E-state index in [1.165, 1.54) is 12.1 Å². The van der Waals surface area contributed by atoms with Crippen molar-refractivity contribution in [3.8, 4) is 0 Å². The number of halogens is 2. The lowest BCUT2D eigenvalue weighted by atomic mass is 9.93. The lowest BCUT2D eigenvalue weighted by molar-refractivity contribution is 0.294. The van der Waals surface area contributed by atoms with E-state index >= 15 is 0 Å². The first kappa shape index (κ1) is 14.1. The Balaban J connectivity index is 1.72. The Labute approximate surface area is 121 Å². The second kappa shape index (κ2) is 5.89. The standard InChI is InChI=1S/C15H17F2N3O/c1-9-4-11(2-3-18-9)15-19-14(20-21-15)7-10-5-12(16)8-13(17)6-10/h5-6,8-9,11,18H,2-4,7H2,1H3. The van der Waals surface area contributed by atoms with Crippen molar-refractivity contribution >= 4 is 0 Å². The van der Waals surface area contributed by atoms with Crippen molar-refractivity contribution in [3.63, 3.8) is 0 Å². The third kappa shape index (κ3) is 3.44. The summed E-state index contributed by atoms with van der Waals surface area (Å²) >= 11 is 0. The lowest BCUT2D eigenvalue weighted by Gasteiger charge is -2.25. The second-order valence-corrected chi connectivity index (χ2v) is 5.58. The minimum Gasteiger partial charge on any atom is -0.339 e. The molecule has 2 atom stereocenters. The number of hydrogen-bond acceptors (Lipinski definition) is 4. The van der Waals surface area contributed by atoms with E-state index in [1.807, 2.05) is 0 Å². The smallest absolute Gasteiger partial charge is 0.229 e. The van der Waals surface area contributed by atoms with Crippen LogP contribution in [0.3, 0.4) is 0 Å². The number of nitrogens with zero attached hydrogens (tertiary/aromatic N) is 2. The molecule has 21 heavy (non-hydrogen) atoms. The Bertz CT molecular complexity index is 609. The van der Waals surface area contributed by atoms with Crippen molar-refractivity contribution in [2.24, 2.45) is 0 Å². The third-order valence-corrected chi connectivity index (χ3v) is 3.74. The van der Waals surface area contributed by atoms with Crippen LogP contribution in [0.15, 0.2) is 22.7 Å². The largest absolute Gasteiger partial charge is 0.339 e. The van der Waals surface area contributed by atoms with Crippen LogP contribution in [0.1, 0.15) is 43.0 Å². The molecular weight excluding hydrogens is 276 g/mol. The van der Waals surface area contributed by atoms with E-state index in [1.54, 1.807) is 0 Å². The van der Waals surface area contributed by atoms with Gasteiger partial charge in [0.2, 0.25) is 5.89 Å². The Morgan fingerprint density at radius 2 is 2.05 bits per heavy atom. The minimum absolute atomic E-state index is 0.256. The van der Waals surface area contributed by atoms with E-state index < -0.39 is 11.6 Å². The average molecular weight is 293 g/mol. The van der Waals surface area contributed by atoms with E-state index in [4.69, 9.17) is 4.52 Å². The highest BCUT2D eigenvalue weighted by Gasteiger charge is 2.24. The molecule has 1 saturated heterocycles. The summed E-state index contributed by atoms with van der Waals surface area (Å²) in [4.78, 5) is 4.37. The number of piperidine rings is 1. The van der Waals surface area contributed by atoms with Crippen LogP contribution >= 0.6 is 0 Å². The maximum Gasteiger partial charge on any atom is 0.229 e. The molecule has 3 rings (SSSR count). The Hall–Kier alpha value is -1.82. The van der Waals surface area contributed by atoms with Crippen LogP contribution in [0.5, 0.6) is 0 Å². The zero-order chi connectivity index (χ0) is 14.8. The van der Waals surface area contributed by atoms with Crippen LogP contribution in [0.2, 0.25) is 0 Å². The molecule has 2 heterocycles. The normalized spacial score (nSPS) is 22.4. The molecule has 0 amide bonds. The van der Waals surface area contributed by atoms with Gasteiger partial charge in [-0.1, -0.05) is 5.16 Å². The van der Waals surface area contributed by atoms with Gasteiger partial charge in [0.05, 0.1) is 0 Å². The van der Waals surface area contributed by atoms with Crippen LogP contribution in [0.25, 0.3) is 0 Å². The molecule has 0 saturated carbocycles. The van der Waals surface area contributed by atoms with Gasteiger partial charge in [-0.25, -0.2) is 8.78 Å². The van der Waals surface area contributed by atoms with Gasteiger partial charge in [0.15, 0.2) is 5.82 Å². The molecule has 1 N–H and O–H groups in total. The van der Waals surface area contributed by atoms with Gasteiger partial charge in [-0.15, -0.1) is 0 Å². The van der Waals surface area contributed by atoms with E-state index in [0.717, 1.165) is 25.5 Å². The number of benzene rings is 1. The molecular formula is C15H17F2N3O. The number of rotatable bonds is 3. The van der Waals surface area contributed by atoms with Crippen molar-refractivity contribution in [2.75, 3.05) is 6.54 Å². The van der Waals surface area contributed by atoms with Gasteiger partial charge in [0.25, 0.3) is 0 Å². The maximum atomic E-state index is 13.2. The molecule has 1 aromatic heterocycles. The fraction of sp³-hybridized carbons (Fsp3) is 0.467. The van der Waals surface area contributed by atoms with Crippen molar-refractivity contribution in [2.45, 2.75) is 38.1 Å². The molecule has 1 aliphatic rings. The van der Waals surface area contributed by atoms with E-state index in [2.05, 4.69) is 22.4 Å². The van der Waals surface area contributed by atoms with Gasteiger partial charge >= 0.3 is 0 Å². The van der Waals surface area contributed by atoms with Crippen LogP contribution < -0.4 is 5.32 Å². The summed E-state index contributed by atoms with van der Waals surface area (Å²) in [6.45, 7) is 3.05. The molecule has 0 aliphatic carbocycles. The van der Waals surface area contributed by atoms with Gasteiger partial charge in [0, 0.05) is 24.4 Å². The molecule has 6 heteroatoms. The predicted octanol–water partition coefficient (Wildman–Crippen LogP) is 2.79. The van der Waals surface area contributed by atoms with Crippen LogP contribution in [0, 0.1) is 11.6 Å². The molecule has 0 spiro atoms. The van der Waals surface area contributed by atoms with Gasteiger partial charge in [0.1, 0.15) is 11.6 Å². The van der Waals surface area contributed by atoms with E-state index in [0.29, 0.717) is 23.3 Å². The molecule has 1 fully saturated rings. The van der Waals surface area contributed by atoms with Crippen molar-refractivity contribution in [1.29, 1.82) is 0 Å². The first-order valence-corrected chi connectivity index (χ1v) is 7.11. The summed E-state index contributed by atoms with van der Waals surface area (Å²) < 4.78 is 31.6. The zero-order valence-corrected chi connectivity index (χ0v) is 11.8. The van der Waals surface area contributed by atoms with Crippen LogP contribution in [0.4, 0.5) is 8.78 Å². The highest BCUT2D eigenvalue weighted by molar-refractivity contribution is 5.21. The fourth-order valence-corrected chi connectivity index (χ4v) is 2.76. The fourth-order valence-electron chi connectivity index (χ4n) is 2.76. The molecule has 2 unspecified atom stereocenters. The number of nitrogens with one attached hydrogen (secondary N) is 1. The number of hydrogen-bond donors (Lipinski definition) is 1. The van der Waals surface area contributed by atoms with Gasteiger partial charge in [-0.2, -0.15) is 4.98 Å². The summed E-state index contributed by atoms with van der Waals surface area (Å²) in [5.41, 5.74) is 0.499. The predicted molar refractivity (Wildman–Crippen MR) is 72.9 cm³/mol. The van der Waals surface area contributed by atoms with E-state index in [-0.39, 0.29) is 12.3 Å². The molecule has 0 radical (unpaired) electrons. The van der Waals surface area contributed by atoms with Gasteiger partial charge in [-0.05, 0) is 44.0 Å². The zero-order valence-electron chi connectivity index (χ0n) is 11.8. The third-order valence-electron chi connectivity index (χ3n) is 3.74. The first-order valence-electron chi connectivity index (χ1n) is 7.11. The lowest BCUT2D eigenvalue weighted by Crippen LogP contribution is -2.34. The molecule has 1 aliphatic heterocycles. The molecule has 4 nitrogen and oxygen atoms in total. The highest BCUT2D eigenvalue weighted by Crippen LogP contribution is 2.26. The average Bonchev–Trinajstić information content (AvgIpc) is 2.86. The van der Waals surface area contributed by atoms with Gasteiger partial charge < -0.3 is 9.84 Å². The molecule has 2 aromatic rings. The van der Waals surface area contributed by atoms with Crippen molar-refractivity contribution in [3.05, 3.63) is 47.1 Å². The summed E-state index contributed by atoms with van der Waals surface area (Å²) in [6, 6.07) is 3.84.